The zero-order valence-electron chi connectivity index (χ0n) is 17.4. The lowest BCUT2D eigenvalue weighted by atomic mass is 10.2. The van der Waals surface area contributed by atoms with E-state index in [0.717, 1.165) is 29.5 Å². The van der Waals surface area contributed by atoms with E-state index in [1.807, 2.05) is 16.7 Å². The molecule has 8 heteroatoms. The van der Waals surface area contributed by atoms with Gasteiger partial charge < -0.3 is 4.57 Å². The van der Waals surface area contributed by atoms with Gasteiger partial charge in [0.15, 0.2) is 4.80 Å². The summed E-state index contributed by atoms with van der Waals surface area (Å²) in [7, 11) is -1.95. The molecular weight excluding hydrogens is 430 g/mol. The standard InChI is InChI=1S/C23H23N3O3S2/c1-4-14-26-20-13-6-16(5-2)15-21(20)30-23(26)24-22(27)17-7-11-19(12-8-17)31(28,29)25(3)18-9-10-18/h1,6-8,11-13,15,18H,5,9-10,14H2,2-3H3. The quantitative estimate of drug-likeness (QED) is 0.537. The highest BCUT2D eigenvalue weighted by molar-refractivity contribution is 7.89. The van der Waals surface area contributed by atoms with Gasteiger partial charge in [0.25, 0.3) is 5.91 Å². The van der Waals surface area contributed by atoms with Crippen molar-refractivity contribution >= 4 is 37.5 Å². The molecule has 1 heterocycles. The number of rotatable bonds is 6. The number of carbonyl (C=O) groups is 1. The van der Waals surface area contributed by atoms with E-state index in [0.29, 0.717) is 16.9 Å². The van der Waals surface area contributed by atoms with Gasteiger partial charge in [0.2, 0.25) is 10.0 Å². The molecule has 0 aliphatic heterocycles. The van der Waals surface area contributed by atoms with Crippen LogP contribution in [0.25, 0.3) is 10.2 Å². The van der Waals surface area contributed by atoms with Gasteiger partial charge in [0.05, 0.1) is 21.7 Å². The van der Waals surface area contributed by atoms with Crippen LogP contribution in [-0.2, 0) is 23.0 Å². The summed E-state index contributed by atoms with van der Waals surface area (Å²) in [6, 6.07) is 12.2. The smallest absolute Gasteiger partial charge is 0.279 e. The minimum Gasteiger partial charge on any atom is -0.305 e. The van der Waals surface area contributed by atoms with Gasteiger partial charge in [-0.3, -0.25) is 4.79 Å². The number of carbonyl (C=O) groups excluding carboxylic acids is 1. The zero-order chi connectivity index (χ0) is 22.2. The molecule has 0 spiro atoms. The van der Waals surface area contributed by atoms with Crippen LogP contribution in [0.1, 0.15) is 35.7 Å². The molecule has 2 aromatic carbocycles. The number of thiazole rings is 1. The van der Waals surface area contributed by atoms with Gasteiger partial charge in [0, 0.05) is 18.7 Å². The second-order valence-electron chi connectivity index (χ2n) is 7.52. The summed E-state index contributed by atoms with van der Waals surface area (Å²) in [6.45, 7) is 2.40. The second-order valence-corrected chi connectivity index (χ2v) is 10.5. The molecule has 1 saturated carbocycles. The molecule has 0 saturated heterocycles. The number of benzene rings is 2. The molecule has 31 heavy (non-hydrogen) atoms. The molecular formula is C23H23N3O3S2. The number of hydrogen-bond acceptors (Lipinski definition) is 4. The summed E-state index contributed by atoms with van der Waals surface area (Å²) in [4.78, 5) is 17.8. The lowest BCUT2D eigenvalue weighted by molar-refractivity contribution is 0.0998. The number of sulfonamides is 1. The van der Waals surface area contributed by atoms with Gasteiger partial charge in [-0.1, -0.05) is 30.2 Å². The van der Waals surface area contributed by atoms with E-state index >= 15 is 0 Å². The minimum atomic E-state index is -3.55. The SMILES string of the molecule is C#CCn1c(=NC(=O)c2ccc(S(=O)(=O)N(C)C3CC3)cc2)sc2cc(CC)ccc21. The summed E-state index contributed by atoms with van der Waals surface area (Å²) in [5.74, 6) is 2.18. The lowest BCUT2D eigenvalue weighted by Gasteiger charge is -2.16. The van der Waals surface area contributed by atoms with Crippen molar-refractivity contribution in [2.45, 2.75) is 43.7 Å². The van der Waals surface area contributed by atoms with Crippen LogP contribution in [0, 0.1) is 12.3 Å². The molecule has 0 unspecified atom stereocenters. The minimum absolute atomic E-state index is 0.0779. The Hall–Kier alpha value is -2.73. The third-order valence-corrected chi connectivity index (χ3v) is 8.41. The van der Waals surface area contributed by atoms with Crippen molar-refractivity contribution in [3.05, 3.63) is 58.4 Å². The molecule has 1 aromatic heterocycles. The topological polar surface area (TPSA) is 71.7 Å². The van der Waals surface area contributed by atoms with Crippen LogP contribution in [0.2, 0.25) is 0 Å². The Balaban J connectivity index is 1.68. The maximum absolute atomic E-state index is 12.8. The molecule has 0 atom stereocenters. The van der Waals surface area contributed by atoms with Crippen molar-refractivity contribution < 1.29 is 13.2 Å². The maximum atomic E-state index is 12.8. The Kier molecular flexibility index (Phi) is 5.84. The number of amides is 1. The summed E-state index contributed by atoms with van der Waals surface area (Å²) in [5, 5.41) is 0. The van der Waals surface area contributed by atoms with Crippen molar-refractivity contribution in [1.29, 1.82) is 0 Å². The van der Waals surface area contributed by atoms with Crippen molar-refractivity contribution in [2.75, 3.05) is 7.05 Å². The fourth-order valence-electron chi connectivity index (χ4n) is 3.39. The fourth-order valence-corrected chi connectivity index (χ4v) is 5.90. The van der Waals surface area contributed by atoms with Gasteiger partial charge in [-0.2, -0.15) is 9.30 Å². The molecule has 0 bridgehead atoms. The van der Waals surface area contributed by atoms with Crippen molar-refractivity contribution in [1.82, 2.24) is 8.87 Å². The molecule has 1 aliphatic rings. The third-order valence-electron chi connectivity index (χ3n) is 5.44. The molecule has 1 aliphatic carbocycles. The van der Waals surface area contributed by atoms with Gasteiger partial charge in [-0.05, 0) is 61.2 Å². The number of nitrogens with zero attached hydrogens (tertiary/aromatic N) is 3. The monoisotopic (exact) mass is 453 g/mol. The number of hydrogen-bond donors (Lipinski definition) is 0. The Labute approximate surface area is 185 Å². The Morgan fingerprint density at radius 2 is 1.97 bits per heavy atom. The van der Waals surface area contributed by atoms with Gasteiger partial charge in [-0.25, -0.2) is 8.42 Å². The summed E-state index contributed by atoms with van der Waals surface area (Å²) < 4.78 is 29.6. The third kappa shape index (κ3) is 4.22. The average Bonchev–Trinajstić information content (AvgIpc) is 3.57. The molecule has 3 aromatic rings. The highest BCUT2D eigenvalue weighted by Crippen LogP contribution is 2.30. The first-order chi connectivity index (χ1) is 14.8. The van der Waals surface area contributed by atoms with Crippen molar-refractivity contribution in [3.8, 4) is 12.3 Å². The Morgan fingerprint density at radius 1 is 1.26 bits per heavy atom. The highest BCUT2D eigenvalue weighted by atomic mass is 32.2. The zero-order valence-corrected chi connectivity index (χ0v) is 19.0. The highest BCUT2D eigenvalue weighted by Gasteiger charge is 2.35. The van der Waals surface area contributed by atoms with Crippen LogP contribution in [0.4, 0.5) is 0 Å². The van der Waals surface area contributed by atoms with Crippen LogP contribution in [0.3, 0.4) is 0 Å². The van der Waals surface area contributed by atoms with E-state index < -0.39 is 15.9 Å². The van der Waals surface area contributed by atoms with E-state index in [9.17, 15) is 13.2 Å². The summed E-state index contributed by atoms with van der Waals surface area (Å²) in [6.07, 6.45) is 8.22. The van der Waals surface area contributed by atoms with E-state index in [1.54, 1.807) is 7.05 Å². The van der Waals surface area contributed by atoms with E-state index in [4.69, 9.17) is 6.42 Å². The van der Waals surface area contributed by atoms with Crippen molar-refractivity contribution in [3.63, 3.8) is 0 Å². The Morgan fingerprint density at radius 3 is 2.58 bits per heavy atom. The first-order valence-electron chi connectivity index (χ1n) is 10.1. The largest absolute Gasteiger partial charge is 0.305 e. The van der Waals surface area contributed by atoms with Crippen LogP contribution >= 0.6 is 11.3 Å². The van der Waals surface area contributed by atoms with Crippen LogP contribution < -0.4 is 4.80 Å². The average molecular weight is 454 g/mol. The first-order valence-corrected chi connectivity index (χ1v) is 12.3. The van der Waals surface area contributed by atoms with Crippen LogP contribution in [0.15, 0.2) is 52.4 Å². The van der Waals surface area contributed by atoms with Crippen LogP contribution in [-0.4, -0.2) is 36.3 Å². The molecule has 1 fully saturated rings. The normalized spacial score (nSPS) is 14.8. The molecule has 1 amide bonds. The second kappa shape index (κ2) is 8.42. The predicted octanol–water partition coefficient (Wildman–Crippen LogP) is 3.42. The fraction of sp³-hybridized carbons (Fsp3) is 0.304. The molecule has 0 N–H and O–H groups in total. The number of aryl methyl sites for hydroxylation is 1. The van der Waals surface area contributed by atoms with E-state index in [1.165, 1.54) is 45.5 Å². The number of aromatic nitrogens is 1. The Bertz CT molecular complexity index is 1360. The van der Waals surface area contributed by atoms with E-state index in [-0.39, 0.29) is 10.9 Å². The summed E-state index contributed by atoms with van der Waals surface area (Å²) in [5.41, 5.74) is 2.47. The van der Waals surface area contributed by atoms with Crippen LogP contribution in [0.5, 0.6) is 0 Å². The summed E-state index contributed by atoms with van der Waals surface area (Å²) >= 11 is 1.42. The molecule has 6 nitrogen and oxygen atoms in total. The van der Waals surface area contributed by atoms with E-state index in [2.05, 4.69) is 23.9 Å². The van der Waals surface area contributed by atoms with Gasteiger partial charge in [0.1, 0.15) is 0 Å². The molecule has 160 valence electrons. The maximum Gasteiger partial charge on any atom is 0.279 e. The van der Waals surface area contributed by atoms with Gasteiger partial charge >= 0.3 is 0 Å². The number of fused-ring (bicyclic) bond motifs is 1. The first kappa shape index (κ1) is 21.5. The lowest BCUT2D eigenvalue weighted by Crippen LogP contribution is -2.28. The molecule has 4 rings (SSSR count). The van der Waals surface area contributed by atoms with Gasteiger partial charge in [-0.15, -0.1) is 6.42 Å². The number of terminal acetylenes is 1. The predicted molar refractivity (Wildman–Crippen MR) is 122 cm³/mol. The molecule has 0 radical (unpaired) electrons. The van der Waals surface area contributed by atoms with Crippen molar-refractivity contribution in [2.24, 2.45) is 4.99 Å².